The Morgan fingerprint density at radius 1 is 1.28 bits per heavy atom. The van der Waals surface area contributed by atoms with Crippen LogP contribution in [0.3, 0.4) is 0 Å². The zero-order chi connectivity index (χ0) is 13.6. The van der Waals surface area contributed by atoms with Crippen LogP contribution in [-0.4, -0.2) is 20.9 Å². The first-order chi connectivity index (χ1) is 8.45. The molecule has 0 saturated heterocycles. The maximum Gasteiger partial charge on any atom is 0.144 e. The van der Waals surface area contributed by atoms with Crippen molar-refractivity contribution in [2.75, 3.05) is 5.88 Å². The summed E-state index contributed by atoms with van der Waals surface area (Å²) in [5.74, 6) is 1.21. The van der Waals surface area contributed by atoms with Crippen LogP contribution in [0.15, 0.2) is 4.40 Å². The predicted octanol–water partition coefficient (Wildman–Crippen LogP) is 4.49. The monoisotopic (exact) mass is 291 g/mol. The molecule has 106 valence electrons. The van der Waals surface area contributed by atoms with Gasteiger partial charge in [-0.05, 0) is 46.5 Å². The molecule has 0 aromatic rings. The third-order valence-corrected chi connectivity index (χ3v) is 5.08. The lowest BCUT2D eigenvalue weighted by atomic mass is 9.84. The molecule has 1 atom stereocenters. The highest BCUT2D eigenvalue weighted by Gasteiger charge is 2.29. The Morgan fingerprint density at radius 2 is 1.89 bits per heavy atom. The van der Waals surface area contributed by atoms with Crippen LogP contribution in [0, 0.1) is 5.92 Å². The van der Waals surface area contributed by atoms with Gasteiger partial charge in [0.2, 0.25) is 0 Å². The molecule has 4 heteroatoms. The summed E-state index contributed by atoms with van der Waals surface area (Å²) >= 11 is 4.65. The Morgan fingerprint density at radius 3 is 2.39 bits per heavy atom. The average molecular weight is 292 g/mol. The fraction of sp³-hybridized carbons (Fsp3) is 0.929. The minimum Gasteiger partial charge on any atom is -0.591 e. The third-order valence-electron chi connectivity index (χ3n) is 3.37. The van der Waals surface area contributed by atoms with Gasteiger partial charge in [-0.25, -0.2) is 0 Å². The van der Waals surface area contributed by atoms with Crippen LogP contribution in [0.25, 0.3) is 0 Å². The van der Waals surface area contributed by atoms with Crippen LogP contribution in [0.1, 0.15) is 65.7 Å². The van der Waals surface area contributed by atoms with Gasteiger partial charge >= 0.3 is 0 Å². The fourth-order valence-electron chi connectivity index (χ4n) is 2.25. The van der Waals surface area contributed by atoms with Crippen molar-refractivity contribution in [1.29, 1.82) is 0 Å². The average Bonchev–Trinajstić information content (AvgIpc) is 2.34. The largest absolute Gasteiger partial charge is 0.591 e. The molecule has 0 amide bonds. The Balaban J connectivity index is 2.72. The minimum absolute atomic E-state index is 0.263. The summed E-state index contributed by atoms with van der Waals surface area (Å²) in [7, 11) is 0. The summed E-state index contributed by atoms with van der Waals surface area (Å²) < 4.78 is 16.4. The van der Waals surface area contributed by atoms with E-state index in [1.54, 1.807) is 0 Å². The van der Waals surface area contributed by atoms with Crippen molar-refractivity contribution >= 4 is 28.7 Å². The summed E-state index contributed by atoms with van der Waals surface area (Å²) in [6, 6.07) is 0. The molecule has 1 rings (SSSR count). The maximum absolute atomic E-state index is 12.2. The van der Waals surface area contributed by atoms with Crippen molar-refractivity contribution < 1.29 is 4.55 Å². The number of hydrogen-bond acceptors (Lipinski definition) is 2. The quantitative estimate of drug-likeness (QED) is 0.417. The highest BCUT2D eigenvalue weighted by molar-refractivity contribution is 7.91. The van der Waals surface area contributed by atoms with Crippen LogP contribution >= 0.6 is 11.6 Å². The van der Waals surface area contributed by atoms with Gasteiger partial charge in [-0.1, -0.05) is 23.7 Å². The summed E-state index contributed by atoms with van der Waals surface area (Å²) in [6.45, 7) is 5.94. The van der Waals surface area contributed by atoms with E-state index in [-0.39, 0.29) is 4.75 Å². The lowest BCUT2D eigenvalue weighted by Crippen LogP contribution is -2.29. The smallest absolute Gasteiger partial charge is 0.144 e. The number of rotatable bonds is 5. The van der Waals surface area contributed by atoms with Gasteiger partial charge in [0.05, 0.1) is 5.71 Å². The first-order valence-corrected chi connectivity index (χ1v) is 8.64. The van der Waals surface area contributed by atoms with E-state index in [4.69, 9.17) is 11.6 Å². The third kappa shape index (κ3) is 5.50. The molecular formula is C14H26ClNOS. The normalized spacial score (nSPS) is 21.1. The molecule has 0 bridgehead atoms. The molecule has 0 aromatic carbocycles. The summed E-state index contributed by atoms with van der Waals surface area (Å²) in [6.07, 6.45) is 8.18. The van der Waals surface area contributed by atoms with Crippen molar-refractivity contribution in [2.45, 2.75) is 70.5 Å². The van der Waals surface area contributed by atoms with E-state index in [9.17, 15) is 4.55 Å². The summed E-state index contributed by atoms with van der Waals surface area (Å²) in [5.41, 5.74) is 1.16. The van der Waals surface area contributed by atoms with Gasteiger partial charge in [0.1, 0.15) is 16.1 Å². The molecule has 1 aliphatic carbocycles. The standard InChI is InChI=1S/C14H26ClNOS/c1-14(2,3)18(17)16-13(10-7-11-15)12-8-5-4-6-9-12/h12H,4-11H2,1-3H3/b16-13+. The van der Waals surface area contributed by atoms with E-state index >= 15 is 0 Å². The molecule has 1 fully saturated rings. The van der Waals surface area contributed by atoms with Crippen molar-refractivity contribution in [1.82, 2.24) is 0 Å². The number of nitrogens with zero attached hydrogens (tertiary/aromatic N) is 1. The van der Waals surface area contributed by atoms with Crippen molar-refractivity contribution in [3.05, 3.63) is 0 Å². The van der Waals surface area contributed by atoms with E-state index in [0.717, 1.165) is 18.6 Å². The lowest BCUT2D eigenvalue weighted by molar-refractivity contribution is 0.435. The SMILES string of the molecule is CC(C)(C)[S+]([O-])/N=C(\CCCCl)C1CCCCC1. The molecule has 0 heterocycles. The zero-order valence-corrected chi connectivity index (χ0v) is 13.4. The minimum atomic E-state index is -1.13. The molecule has 0 radical (unpaired) electrons. The molecule has 2 nitrogen and oxygen atoms in total. The Bertz CT molecular complexity index is 269. The second-order valence-corrected chi connectivity index (χ2v) is 8.36. The lowest BCUT2D eigenvalue weighted by Gasteiger charge is -2.25. The highest BCUT2D eigenvalue weighted by atomic mass is 35.5. The van der Waals surface area contributed by atoms with Gasteiger partial charge in [-0.15, -0.1) is 11.6 Å². The molecular weight excluding hydrogens is 266 g/mol. The van der Waals surface area contributed by atoms with Crippen LogP contribution in [0.4, 0.5) is 0 Å². The Kier molecular flexibility index (Phi) is 7.04. The van der Waals surface area contributed by atoms with Crippen molar-refractivity contribution in [3.63, 3.8) is 0 Å². The molecule has 0 N–H and O–H groups in total. The number of hydrogen-bond donors (Lipinski definition) is 0. The van der Waals surface area contributed by atoms with E-state index < -0.39 is 11.4 Å². The van der Waals surface area contributed by atoms with E-state index in [0.29, 0.717) is 11.8 Å². The topological polar surface area (TPSA) is 35.4 Å². The van der Waals surface area contributed by atoms with Crippen LogP contribution in [-0.2, 0) is 11.4 Å². The zero-order valence-electron chi connectivity index (χ0n) is 11.9. The molecule has 0 aromatic heterocycles. The Hall–Kier alpha value is 0.270. The van der Waals surface area contributed by atoms with Gasteiger partial charge in [-0.3, -0.25) is 0 Å². The van der Waals surface area contributed by atoms with E-state index in [1.807, 2.05) is 20.8 Å². The van der Waals surface area contributed by atoms with Crippen LogP contribution < -0.4 is 0 Å². The fourth-order valence-corrected chi connectivity index (χ4v) is 3.11. The van der Waals surface area contributed by atoms with Gasteiger partial charge in [0.25, 0.3) is 0 Å². The van der Waals surface area contributed by atoms with Crippen molar-refractivity contribution in [3.8, 4) is 0 Å². The molecule has 18 heavy (non-hydrogen) atoms. The highest BCUT2D eigenvalue weighted by Crippen LogP contribution is 2.28. The van der Waals surface area contributed by atoms with Crippen LogP contribution in [0.5, 0.6) is 0 Å². The number of alkyl halides is 1. The van der Waals surface area contributed by atoms with Crippen molar-refractivity contribution in [2.24, 2.45) is 10.3 Å². The first kappa shape index (κ1) is 16.3. The summed E-state index contributed by atoms with van der Waals surface area (Å²) in [5, 5.41) is 0. The maximum atomic E-state index is 12.2. The van der Waals surface area contributed by atoms with Gasteiger partial charge < -0.3 is 4.55 Å². The molecule has 1 unspecified atom stereocenters. The second-order valence-electron chi connectivity index (χ2n) is 6.07. The Labute approximate surface area is 120 Å². The first-order valence-electron chi connectivity index (χ1n) is 7.00. The molecule has 1 saturated carbocycles. The molecule has 1 aliphatic rings. The van der Waals surface area contributed by atoms with E-state index in [2.05, 4.69) is 4.40 Å². The molecule has 0 spiro atoms. The van der Waals surface area contributed by atoms with Crippen LogP contribution in [0.2, 0.25) is 0 Å². The predicted molar refractivity (Wildman–Crippen MR) is 81.9 cm³/mol. The summed E-state index contributed by atoms with van der Waals surface area (Å²) in [4.78, 5) is 0. The van der Waals surface area contributed by atoms with E-state index in [1.165, 1.54) is 32.1 Å². The van der Waals surface area contributed by atoms with Gasteiger partial charge in [0, 0.05) is 11.8 Å². The van der Waals surface area contributed by atoms with Gasteiger partial charge in [0.15, 0.2) is 0 Å². The molecule has 0 aliphatic heterocycles. The second kappa shape index (κ2) is 7.76. The number of halogens is 1. The van der Waals surface area contributed by atoms with Gasteiger partial charge in [-0.2, -0.15) is 0 Å².